The average Bonchev–Trinajstić information content (AvgIpc) is 3.16. The van der Waals surface area contributed by atoms with Gasteiger partial charge in [-0.25, -0.2) is 4.98 Å². The molecule has 0 fully saturated rings. The van der Waals surface area contributed by atoms with Crippen LogP contribution in [0.5, 0.6) is 0 Å². The van der Waals surface area contributed by atoms with E-state index in [0.29, 0.717) is 29.1 Å². The van der Waals surface area contributed by atoms with Crippen molar-refractivity contribution in [3.63, 3.8) is 0 Å². The van der Waals surface area contributed by atoms with Crippen molar-refractivity contribution >= 4 is 23.4 Å². The van der Waals surface area contributed by atoms with Crippen molar-refractivity contribution in [3.8, 4) is 11.4 Å². The van der Waals surface area contributed by atoms with Gasteiger partial charge in [0, 0.05) is 23.0 Å². The van der Waals surface area contributed by atoms with Crippen molar-refractivity contribution in [2.75, 3.05) is 10.6 Å². The Kier molecular flexibility index (Phi) is 5.47. The Morgan fingerprint density at radius 1 is 0.967 bits per heavy atom. The van der Waals surface area contributed by atoms with Crippen LogP contribution < -0.4 is 10.6 Å². The van der Waals surface area contributed by atoms with Crippen LogP contribution in [0.2, 0.25) is 0 Å². The van der Waals surface area contributed by atoms with E-state index in [4.69, 9.17) is 0 Å². The Balaban J connectivity index is 1.42. The van der Waals surface area contributed by atoms with Crippen LogP contribution in [0, 0.1) is 13.8 Å². The monoisotopic (exact) mass is 399 g/mol. The highest BCUT2D eigenvalue weighted by atomic mass is 16.1. The first-order valence-corrected chi connectivity index (χ1v) is 9.51. The number of hydrogen-bond donors (Lipinski definition) is 3. The summed E-state index contributed by atoms with van der Waals surface area (Å²) in [6.45, 7) is 3.81. The molecule has 8 heteroatoms. The van der Waals surface area contributed by atoms with Gasteiger partial charge in [-0.05, 0) is 26.0 Å². The average molecular weight is 399 g/mol. The molecule has 4 aromatic rings. The molecule has 8 nitrogen and oxygen atoms in total. The zero-order chi connectivity index (χ0) is 20.9. The van der Waals surface area contributed by atoms with E-state index in [9.17, 15) is 4.79 Å². The van der Waals surface area contributed by atoms with Crippen LogP contribution in [-0.2, 0) is 11.2 Å². The highest BCUT2D eigenvalue weighted by Crippen LogP contribution is 2.18. The van der Waals surface area contributed by atoms with Crippen molar-refractivity contribution in [1.82, 2.24) is 25.1 Å². The van der Waals surface area contributed by atoms with E-state index in [0.717, 1.165) is 16.8 Å². The summed E-state index contributed by atoms with van der Waals surface area (Å²) in [5.74, 6) is 1.97. The number of benzene rings is 2. The summed E-state index contributed by atoms with van der Waals surface area (Å²) in [7, 11) is 0. The van der Waals surface area contributed by atoms with Crippen LogP contribution in [0.4, 0.5) is 17.5 Å². The molecule has 0 spiro atoms. The lowest BCUT2D eigenvalue weighted by Crippen LogP contribution is -2.14. The van der Waals surface area contributed by atoms with Crippen LogP contribution in [0.3, 0.4) is 0 Å². The topological polar surface area (TPSA) is 108 Å². The van der Waals surface area contributed by atoms with Gasteiger partial charge in [-0.15, -0.1) is 0 Å². The Morgan fingerprint density at radius 3 is 2.50 bits per heavy atom. The van der Waals surface area contributed by atoms with Crippen molar-refractivity contribution in [3.05, 3.63) is 77.7 Å². The number of hydrogen-bond acceptors (Lipinski definition) is 6. The summed E-state index contributed by atoms with van der Waals surface area (Å²) >= 11 is 0. The van der Waals surface area contributed by atoms with Crippen LogP contribution in [0.25, 0.3) is 11.4 Å². The fraction of sp³-hybridized carbons (Fsp3) is 0.136. The molecule has 0 unspecified atom stereocenters. The Hall–Kier alpha value is -4.07. The molecule has 0 aliphatic heterocycles. The number of H-pyrrole nitrogens is 1. The number of amides is 1. The molecule has 4 rings (SSSR count). The predicted octanol–water partition coefficient (Wildman–Crippen LogP) is 3.80. The summed E-state index contributed by atoms with van der Waals surface area (Å²) in [6.07, 6.45) is 0.175. The van der Waals surface area contributed by atoms with Gasteiger partial charge in [-0.2, -0.15) is 15.1 Å². The second-order valence-electron chi connectivity index (χ2n) is 6.89. The van der Waals surface area contributed by atoms with Crippen LogP contribution in [-0.4, -0.2) is 31.1 Å². The standard InChI is InChI=1S/C22H21N7O/c1-14-8-10-17(11-9-14)25-20(30)13-18-12-19(29-28-18)26-22-24-15(2)23-21(27-22)16-6-4-3-5-7-16/h3-12H,13H2,1-2H3,(H,25,30)(H2,23,24,26,27,28,29). The summed E-state index contributed by atoms with van der Waals surface area (Å²) in [5.41, 5.74) is 3.48. The summed E-state index contributed by atoms with van der Waals surface area (Å²) < 4.78 is 0. The number of carbonyl (C=O) groups excluding carboxylic acids is 1. The van der Waals surface area contributed by atoms with E-state index < -0.39 is 0 Å². The minimum Gasteiger partial charge on any atom is -0.326 e. The molecule has 0 radical (unpaired) electrons. The molecule has 0 saturated carbocycles. The van der Waals surface area contributed by atoms with E-state index in [2.05, 4.69) is 35.8 Å². The van der Waals surface area contributed by atoms with Gasteiger partial charge in [0.15, 0.2) is 11.6 Å². The molecule has 1 amide bonds. The number of aromatic nitrogens is 5. The maximum atomic E-state index is 12.3. The van der Waals surface area contributed by atoms with E-state index in [1.807, 2.05) is 68.4 Å². The molecule has 0 aliphatic rings. The van der Waals surface area contributed by atoms with Crippen molar-refractivity contribution < 1.29 is 4.79 Å². The number of aromatic amines is 1. The van der Waals surface area contributed by atoms with Gasteiger partial charge < -0.3 is 10.6 Å². The van der Waals surface area contributed by atoms with E-state index in [1.54, 1.807) is 6.07 Å². The number of nitrogens with one attached hydrogen (secondary N) is 3. The van der Waals surface area contributed by atoms with Crippen molar-refractivity contribution in [2.45, 2.75) is 20.3 Å². The third-order valence-corrected chi connectivity index (χ3v) is 4.34. The number of aryl methyl sites for hydroxylation is 2. The normalized spacial score (nSPS) is 10.6. The van der Waals surface area contributed by atoms with Gasteiger partial charge in [0.25, 0.3) is 0 Å². The molecule has 0 saturated heterocycles. The largest absolute Gasteiger partial charge is 0.326 e. The molecule has 2 aromatic heterocycles. The first-order chi connectivity index (χ1) is 14.5. The van der Waals surface area contributed by atoms with E-state index in [1.165, 1.54) is 0 Å². The quantitative estimate of drug-likeness (QED) is 0.455. The van der Waals surface area contributed by atoms with Gasteiger partial charge in [-0.3, -0.25) is 9.89 Å². The Labute approximate surface area is 173 Å². The van der Waals surface area contributed by atoms with Gasteiger partial charge >= 0.3 is 0 Å². The number of carbonyl (C=O) groups is 1. The van der Waals surface area contributed by atoms with Crippen LogP contribution >= 0.6 is 0 Å². The minimum absolute atomic E-state index is 0.128. The Morgan fingerprint density at radius 2 is 1.73 bits per heavy atom. The van der Waals surface area contributed by atoms with Gasteiger partial charge in [0.1, 0.15) is 5.82 Å². The van der Waals surface area contributed by atoms with Crippen molar-refractivity contribution in [1.29, 1.82) is 0 Å². The Bertz CT molecular complexity index is 1150. The molecule has 0 aliphatic carbocycles. The molecule has 3 N–H and O–H groups in total. The lowest BCUT2D eigenvalue weighted by atomic mass is 10.2. The lowest BCUT2D eigenvalue weighted by Gasteiger charge is -2.05. The predicted molar refractivity (Wildman–Crippen MR) is 115 cm³/mol. The SMILES string of the molecule is Cc1ccc(NC(=O)Cc2cc(Nc3nc(C)nc(-c4ccccc4)n3)n[nH]2)cc1. The first-order valence-electron chi connectivity index (χ1n) is 9.51. The number of nitrogens with zero attached hydrogens (tertiary/aromatic N) is 4. The third-order valence-electron chi connectivity index (χ3n) is 4.34. The van der Waals surface area contributed by atoms with Crippen LogP contribution in [0.1, 0.15) is 17.1 Å². The second kappa shape index (κ2) is 8.52. The van der Waals surface area contributed by atoms with E-state index >= 15 is 0 Å². The highest BCUT2D eigenvalue weighted by Gasteiger charge is 2.10. The maximum absolute atomic E-state index is 12.3. The molecule has 150 valence electrons. The minimum atomic E-state index is -0.128. The smallest absolute Gasteiger partial charge is 0.232 e. The van der Waals surface area contributed by atoms with E-state index in [-0.39, 0.29) is 12.3 Å². The first kappa shape index (κ1) is 19.3. The fourth-order valence-electron chi connectivity index (χ4n) is 2.90. The van der Waals surface area contributed by atoms with Crippen LogP contribution in [0.15, 0.2) is 60.7 Å². The maximum Gasteiger partial charge on any atom is 0.232 e. The molecule has 2 aromatic carbocycles. The summed E-state index contributed by atoms with van der Waals surface area (Å²) in [4.78, 5) is 25.4. The lowest BCUT2D eigenvalue weighted by molar-refractivity contribution is -0.115. The molecule has 30 heavy (non-hydrogen) atoms. The number of anilines is 3. The van der Waals surface area contributed by atoms with Gasteiger partial charge in [0.05, 0.1) is 6.42 Å². The van der Waals surface area contributed by atoms with Crippen molar-refractivity contribution in [2.24, 2.45) is 0 Å². The second-order valence-corrected chi connectivity index (χ2v) is 6.89. The molecular formula is C22H21N7O. The molecule has 0 bridgehead atoms. The summed E-state index contributed by atoms with van der Waals surface area (Å²) in [5, 5.41) is 13.0. The number of rotatable bonds is 6. The highest BCUT2D eigenvalue weighted by molar-refractivity contribution is 5.92. The molecule has 0 atom stereocenters. The fourth-order valence-corrected chi connectivity index (χ4v) is 2.90. The summed E-state index contributed by atoms with van der Waals surface area (Å²) in [6, 6.07) is 19.1. The zero-order valence-corrected chi connectivity index (χ0v) is 16.7. The molecular weight excluding hydrogens is 378 g/mol. The zero-order valence-electron chi connectivity index (χ0n) is 16.7. The third kappa shape index (κ3) is 4.85. The molecule has 2 heterocycles. The van der Waals surface area contributed by atoms with Gasteiger partial charge in [-0.1, -0.05) is 48.0 Å². The van der Waals surface area contributed by atoms with Gasteiger partial charge in [0.2, 0.25) is 11.9 Å².